The third-order valence-electron chi connectivity index (χ3n) is 11.1. The molecular weight excluding hydrogens is 888 g/mol. The van der Waals surface area contributed by atoms with Crippen molar-refractivity contribution in [3.05, 3.63) is 94.7 Å². The summed E-state index contributed by atoms with van der Waals surface area (Å²) in [5.41, 5.74) is 0.260. The van der Waals surface area contributed by atoms with Crippen molar-refractivity contribution in [2.24, 2.45) is 0 Å². The maximum atomic E-state index is 12.8. The molecule has 2 aromatic rings. The van der Waals surface area contributed by atoms with Crippen molar-refractivity contribution in [1.82, 2.24) is 0 Å². The maximum absolute atomic E-state index is 12.8. The predicted molar refractivity (Wildman–Crippen MR) is 213 cm³/mol. The smallest absolute Gasteiger partial charge is 0.330 e. The van der Waals surface area contributed by atoms with Gasteiger partial charge in [-0.3, -0.25) is 0 Å². The van der Waals surface area contributed by atoms with Crippen LogP contribution >= 0.6 is 0 Å². The molecule has 24 nitrogen and oxygen atoms in total. The highest BCUT2D eigenvalue weighted by Gasteiger charge is 2.53. The van der Waals surface area contributed by atoms with E-state index >= 15 is 0 Å². The molecule has 1 aliphatic carbocycles. The molecule has 1 unspecified atom stereocenters. The standard InChI is InChI=1S/C42H48O24/c43-12-26-30(51)33(54)36(57)40(63-26)61-24-10-17(45)9-23-18(24)11-25(38(60-23)16-3-5-20(47)22(49)8-16)62-42-39(66-41-37(58)34(55)31(52)27(13-44)64-41)35(56)32(53)28(65-42)14-59-29(50)6-2-15-1-4-19(46)21(48)7-15/h1-11,23,26-28,30-37,39-49,51-58H,12-14H2/b6-2+/t23?,26-,27-,28-,30-,31-,32-,33+,34+,35+,36-,37-,39-,40-,41+,42+/m1/s1. The van der Waals surface area contributed by atoms with E-state index < -0.39 is 159 Å². The lowest BCUT2D eigenvalue weighted by atomic mass is 9.95. The molecule has 3 fully saturated rings. The van der Waals surface area contributed by atoms with Crippen LogP contribution in [-0.2, 0) is 42.7 Å². The van der Waals surface area contributed by atoms with Crippen molar-refractivity contribution < 1.29 is 119 Å². The summed E-state index contributed by atoms with van der Waals surface area (Å²) >= 11 is 0. The Kier molecular flexibility index (Phi) is 14.8. The van der Waals surface area contributed by atoms with Gasteiger partial charge in [0.1, 0.15) is 91.4 Å². The zero-order valence-electron chi connectivity index (χ0n) is 34.1. The first kappa shape index (κ1) is 48.4. The average molecular weight is 937 g/mol. The summed E-state index contributed by atoms with van der Waals surface area (Å²) < 4.78 is 46.6. The fourth-order valence-corrected chi connectivity index (χ4v) is 7.41. The first-order chi connectivity index (χ1) is 31.4. The number of allylic oxidation sites excluding steroid dienone is 2. The van der Waals surface area contributed by atoms with Crippen LogP contribution in [0.5, 0.6) is 23.0 Å². The number of hydrogen-bond donors (Lipinski definition) is 15. The average Bonchev–Trinajstić information content (AvgIpc) is 3.29. The molecule has 360 valence electrons. The van der Waals surface area contributed by atoms with Gasteiger partial charge < -0.3 is 114 Å². The van der Waals surface area contributed by atoms with E-state index in [9.17, 15) is 81.4 Å². The quantitative estimate of drug-likeness (QED) is 0.0528. The summed E-state index contributed by atoms with van der Waals surface area (Å²) in [5.74, 6) is -4.49. The second kappa shape index (κ2) is 20.1. The summed E-state index contributed by atoms with van der Waals surface area (Å²) in [6.07, 6.45) is -23.3. The van der Waals surface area contributed by atoms with Crippen LogP contribution in [0.15, 0.2) is 83.6 Å². The molecule has 0 radical (unpaired) electrons. The first-order valence-electron chi connectivity index (χ1n) is 20.1. The Morgan fingerprint density at radius 1 is 0.621 bits per heavy atom. The Morgan fingerprint density at radius 2 is 1.21 bits per heavy atom. The number of hydrogen-bond acceptors (Lipinski definition) is 24. The zero-order chi connectivity index (χ0) is 47.7. The van der Waals surface area contributed by atoms with Gasteiger partial charge in [-0.05, 0) is 48.0 Å². The van der Waals surface area contributed by atoms with Crippen molar-refractivity contribution in [1.29, 1.82) is 0 Å². The molecule has 0 saturated carbocycles. The van der Waals surface area contributed by atoms with E-state index in [1.807, 2.05) is 0 Å². The van der Waals surface area contributed by atoms with Gasteiger partial charge in [-0.25, -0.2) is 4.79 Å². The zero-order valence-corrected chi connectivity index (χ0v) is 34.1. The molecule has 2 aromatic carbocycles. The number of carbonyl (C=O) groups excluding carboxylic acids is 1. The van der Waals surface area contributed by atoms with Gasteiger partial charge in [0.25, 0.3) is 0 Å². The lowest BCUT2D eigenvalue weighted by molar-refractivity contribution is -0.363. The van der Waals surface area contributed by atoms with E-state index in [4.69, 9.17) is 37.9 Å². The third-order valence-corrected chi connectivity index (χ3v) is 11.1. The van der Waals surface area contributed by atoms with E-state index in [1.165, 1.54) is 36.4 Å². The number of carbonyl (C=O) groups is 1. The van der Waals surface area contributed by atoms with E-state index in [2.05, 4.69) is 0 Å². The molecule has 0 spiro atoms. The highest BCUT2D eigenvalue weighted by atomic mass is 16.8. The number of aliphatic hydroxyl groups is 11. The van der Waals surface area contributed by atoms with Gasteiger partial charge in [0, 0.05) is 29.4 Å². The Labute approximate surface area is 372 Å². The number of ether oxygens (including phenoxy) is 8. The monoisotopic (exact) mass is 936 g/mol. The topological polar surface area (TPSA) is 394 Å². The molecule has 4 aliphatic heterocycles. The summed E-state index contributed by atoms with van der Waals surface area (Å²) in [6.45, 7) is -2.46. The van der Waals surface area contributed by atoms with Gasteiger partial charge in [0.05, 0.1) is 13.2 Å². The van der Waals surface area contributed by atoms with Gasteiger partial charge in [0.2, 0.25) is 12.6 Å². The number of benzene rings is 2. The van der Waals surface area contributed by atoms with Crippen molar-refractivity contribution in [3.63, 3.8) is 0 Å². The normalized spacial score (nSPS) is 35.8. The molecule has 0 amide bonds. The molecule has 7 rings (SSSR count). The van der Waals surface area contributed by atoms with Crippen molar-refractivity contribution >= 4 is 17.8 Å². The minimum absolute atomic E-state index is 0.00328. The van der Waals surface area contributed by atoms with Crippen LogP contribution in [0.4, 0.5) is 0 Å². The molecule has 0 bridgehead atoms. The summed E-state index contributed by atoms with van der Waals surface area (Å²) in [6, 6.07) is 7.13. The van der Waals surface area contributed by atoms with Gasteiger partial charge in [-0.1, -0.05) is 6.07 Å². The molecule has 16 atom stereocenters. The largest absolute Gasteiger partial charge is 0.508 e. The Bertz CT molecular complexity index is 2240. The Balaban J connectivity index is 1.24. The minimum Gasteiger partial charge on any atom is -0.508 e. The molecular formula is C42H48O24. The number of fused-ring (bicyclic) bond motifs is 1. The van der Waals surface area contributed by atoms with E-state index in [0.717, 1.165) is 30.4 Å². The molecule has 3 saturated heterocycles. The number of phenolic OH excluding ortho intramolecular Hbond substituents is 4. The maximum Gasteiger partial charge on any atom is 0.330 e. The molecule has 15 N–H and O–H groups in total. The number of esters is 1. The number of aliphatic hydroxyl groups excluding tert-OH is 11. The van der Waals surface area contributed by atoms with Crippen molar-refractivity contribution in [2.75, 3.05) is 19.8 Å². The van der Waals surface area contributed by atoms with E-state index in [0.29, 0.717) is 0 Å². The summed E-state index contributed by atoms with van der Waals surface area (Å²) in [7, 11) is 0. The number of rotatable bonds is 13. The Morgan fingerprint density at radius 3 is 1.85 bits per heavy atom. The molecule has 5 aliphatic rings. The molecule has 0 aromatic heterocycles. The second-order valence-corrected chi connectivity index (χ2v) is 15.6. The van der Waals surface area contributed by atoms with Crippen LogP contribution in [0.2, 0.25) is 0 Å². The summed E-state index contributed by atoms with van der Waals surface area (Å²) in [5, 5.41) is 156. The Hall–Kier alpha value is -5.55. The predicted octanol–water partition coefficient (Wildman–Crippen LogP) is -3.44. The van der Waals surface area contributed by atoms with Crippen LogP contribution in [-0.4, -0.2) is 201 Å². The second-order valence-electron chi connectivity index (χ2n) is 15.6. The van der Waals surface area contributed by atoms with Crippen LogP contribution < -0.4 is 0 Å². The number of aromatic hydroxyl groups is 4. The molecule has 24 heteroatoms. The van der Waals surface area contributed by atoms with E-state index in [-0.39, 0.29) is 28.2 Å². The molecule has 4 heterocycles. The van der Waals surface area contributed by atoms with Crippen LogP contribution in [0.3, 0.4) is 0 Å². The van der Waals surface area contributed by atoms with Gasteiger partial charge in [-0.2, -0.15) is 0 Å². The highest BCUT2D eigenvalue weighted by molar-refractivity contribution is 5.87. The van der Waals surface area contributed by atoms with Crippen LogP contribution in [0.25, 0.3) is 11.8 Å². The van der Waals surface area contributed by atoms with Crippen LogP contribution in [0.1, 0.15) is 11.1 Å². The third kappa shape index (κ3) is 10.1. The summed E-state index contributed by atoms with van der Waals surface area (Å²) in [4.78, 5) is 12.8. The minimum atomic E-state index is -2.10. The van der Waals surface area contributed by atoms with Gasteiger partial charge >= 0.3 is 5.97 Å². The van der Waals surface area contributed by atoms with Crippen molar-refractivity contribution in [3.8, 4) is 23.0 Å². The molecule has 66 heavy (non-hydrogen) atoms. The van der Waals surface area contributed by atoms with Crippen molar-refractivity contribution in [2.45, 2.75) is 98.2 Å². The first-order valence-corrected chi connectivity index (χ1v) is 20.1. The fraction of sp³-hybridized carbons (Fsp3) is 0.452. The van der Waals surface area contributed by atoms with E-state index in [1.54, 1.807) is 0 Å². The van der Waals surface area contributed by atoms with Gasteiger partial charge in [-0.15, -0.1) is 0 Å². The lowest BCUT2D eigenvalue weighted by Gasteiger charge is -2.46. The number of phenols is 4. The SMILES string of the molecule is O=C(/C=C/c1ccc(O)c(O)c1)OC[C@H]1O[C@H](OC2=C(c3ccc(O)c(O)c3)OC3C=C(O)C=C(O[C@@H]4O[C@H](CO)[C@@H](O)[C@H](O)[C@H]4O)C3=C2)[C@H](O[C@@H]2O[C@H](CO)[C@@H](O)[C@H](O)[C@H]2O)[C@@H](O)[C@@H]1O. The fourth-order valence-electron chi connectivity index (χ4n) is 7.41. The van der Waals surface area contributed by atoms with Crippen LogP contribution in [0, 0.1) is 0 Å². The van der Waals surface area contributed by atoms with Gasteiger partial charge in [0.15, 0.2) is 46.9 Å². The lowest BCUT2D eigenvalue weighted by Crippen LogP contribution is -2.64. The highest BCUT2D eigenvalue weighted by Crippen LogP contribution is 2.42.